The molecule has 0 radical (unpaired) electrons. The van der Waals surface area contributed by atoms with E-state index in [1.165, 1.54) is 0 Å². The van der Waals surface area contributed by atoms with E-state index in [0.717, 1.165) is 17.4 Å². The number of H-pyrrole nitrogens is 1. The number of nitrogens with one attached hydrogen (secondary N) is 1. The Morgan fingerprint density at radius 3 is 2.59 bits per heavy atom. The molecule has 0 spiro atoms. The number of aromatic amines is 1. The summed E-state index contributed by atoms with van der Waals surface area (Å²) in [6.07, 6.45) is 2.51. The lowest BCUT2D eigenvalue weighted by atomic mass is 10.1. The monoisotopic (exact) mass is 299 g/mol. The van der Waals surface area contributed by atoms with Crippen molar-refractivity contribution in [1.29, 1.82) is 0 Å². The van der Waals surface area contributed by atoms with Crippen LogP contribution in [0, 0.1) is 0 Å². The summed E-state index contributed by atoms with van der Waals surface area (Å²) in [5.41, 5.74) is -0.164. The number of aromatic hydroxyl groups is 1. The highest BCUT2D eigenvalue weighted by Crippen LogP contribution is 2.26. The van der Waals surface area contributed by atoms with Crippen molar-refractivity contribution in [3.8, 4) is 11.6 Å². The van der Waals surface area contributed by atoms with E-state index in [-0.39, 0.29) is 17.5 Å². The molecule has 3 rings (SSSR count). The minimum atomic E-state index is -0.667. The van der Waals surface area contributed by atoms with E-state index in [1.807, 2.05) is 13.0 Å². The van der Waals surface area contributed by atoms with Gasteiger partial charge in [0.2, 0.25) is 5.88 Å². The minimum absolute atomic E-state index is 0.0813. The van der Waals surface area contributed by atoms with Crippen molar-refractivity contribution in [2.45, 2.75) is 32.2 Å². The lowest BCUT2D eigenvalue weighted by Crippen LogP contribution is -2.33. The SMILES string of the molecule is CCC(=NC1CC1)c1c(O)n(-c2ccccc2)c(=O)[nH]c1=O. The Labute approximate surface area is 126 Å². The third-order valence-corrected chi connectivity index (χ3v) is 3.61. The average molecular weight is 299 g/mol. The summed E-state index contributed by atoms with van der Waals surface area (Å²) >= 11 is 0. The first kappa shape index (κ1) is 14.3. The van der Waals surface area contributed by atoms with Gasteiger partial charge in [0.25, 0.3) is 5.56 Å². The molecule has 0 saturated heterocycles. The highest BCUT2D eigenvalue weighted by molar-refractivity contribution is 6.02. The van der Waals surface area contributed by atoms with E-state index >= 15 is 0 Å². The van der Waals surface area contributed by atoms with E-state index in [9.17, 15) is 14.7 Å². The smallest absolute Gasteiger partial charge is 0.335 e. The van der Waals surface area contributed by atoms with Crippen molar-refractivity contribution < 1.29 is 5.11 Å². The van der Waals surface area contributed by atoms with Crippen molar-refractivity contribution >= 4 is 5.71 Å². The number of hydrogen-bond acceptors (Lipinski definition) is 4. The van der Waals surface area contributed by atoms with Gasteiger partial charge in [-0.1, -0.05) is 25.1 Å². The summed E-state index contributed by atoms with van der Waals surface area (Å²) in [6, 6.07) is 8.92. The van der Waals surface area contributed by atoms with Crippen LogP contribution in [-0.2, 0) is 0 Å². The summed E-state index contributed by atoms with van der Waals surface area (Å²) in [5, 5.41) is 10.5. The van der Waals surface area contributed by atoms with Gasteiger partial charge >= 0.3 is 5.69 Å². The third kappa shape index (κ3) is 2.59. The normalized spacial score (nSPS) is 15.0. The van der Waals surface area contributed by atoms with Gasteiger partial charge in [-0.15, -0.1) is 0 Å². The Morgan fingerprint density at radius 1 is 1.32 bits per heavy atom. The van der Waals surface area contributed by atoms with Gasteiger partial charge in [0.05, 0.1) is 17.4 Å². The number of hydrogen-bond donors (Lipinski definition) is 2. The number of aromatic nitrogens is 2. The fourth-order valence-electron chi connectivity index (χ4n) is 2.36. The number of para-hydroxylation sites is 1. The van der Waals surface area contributed by atoms with Gasteiger partial charge < -0.3 is 5.11 Å². The summed E-state index contributed by atoms with van der Waals surface area (Å²) in [6.45, 7) is 1.87. The zero-order valence-corrected chi connectivity index (χ0v) is 12.2. The molecule has 114 valence electrons. The quantitative estimate of drug-likeness (QED) is 0.840. The van der Waals surface area contributed by atoms with Gasteiger partial charge in [0.15, 0.2) is 0 Å². The Bertz CT molecular complexity index is 830. The Kier molecular flexibility index (Phi) is 3.66. The van der Waals surface area contributed by atoms with E-state index in [4.69, 9.17) is 0 Å². The van der Waals surface area contributed by atoms with Crippen LogP contribution in [0.2, 0.25) is 0 Å². The number of aliphatic imine (C=N–C) groups is 1. The van der Waals surface area contributed by atoms with Crippen LogP contribution in [0.15, 0.2) is 44.9 Å². The summed E-state index contributed by atoms with van der Waals surface area (Å²) < 4.78 is 1.09. The first-order chi connectivity index (χ1) is 10.6. The van der Waals surface area contributed by atoms with E-state index in [0.29, 0.717) is 17.8 Å². The topological polar surface area (TPSA) is 87.4 Å². The van der Waals surface area contributed by atoms with Crippen LogP contribution in [-0.4, -0.2) is 26.4 Å². The largest absolute Gasteiger partial charge is 0.493 e. The molecule has 0 unspecified atom stereocenters. The molecule has 6 nitrogen and oxygen atoms in total. The summed E-state index contributed by atoms with van der Waals surface area (Å²) in [7, 11) is 0. The molecule has 1 fully saturated rings. The van der Waals surface area contributed by atoms with Crippen molar-refractivity contribution in [3.63, 3.8) is 0 Å². The molecule has 0 aliphatic heterocycles. The predicted octanol–water partition coefficient (Wildman–Crippen LogP) is 1.59. The number of nitrogens with zero attached hydrogens (tertiary/aromatic N) is 2. The molecule has 22 heavy (non-hydrogen) atoms. The molecule has 2 N–H and O–H groups in total. The molecule has 1 heterocycles. The number of benzene rings is 1. The van der Waals surface area contributed by atoms with E-state index in [1.54, 1.807) is 24.3 Å². The fourth-order valence-corrected chi connectivity index (χ4v) is 2.36. The molecule has 0 amide bonds. The van der Waals surface area contributed by atoms with Crippen LogP contribution < -0.4 is 11.2 Å². The molecule has 1 aliphatic rings. The Hall–Kier alpha value is -2.63. The van der Waals surface area contributed by atoms with Crippen molar-refractivity contribution in [2.24, 2.45) is 4.99 Å². The molecule has 1 saturated carbocycles. The van der Waals surface area contributed by atoms with Crippen LogP contribution in [0.1, 0.15) is 31.7 Å². The van der Waals surface area contributed by atoms with Gasteiger partial charge in [-0.25, -0.2) is 9.36 Å². The zero-order valence-electron chi connectivity index (χ0n) is 12.2. The van der Waals surface area contributed by atoms with Gasteiger partial charge in [-0.2, -0.15) is 0 Å². The lowest BCUT2D eigenvalue weighted by molar-refractivity contribution is 0.429. The van der Waals surface area contributed by atoms with Gasteiger partial charge in [0, 0.05) is 0 Å². The molecule has 1 aromatic carbocycles. The minimum Gasteiger partial charge on any atom is -0.493 e. The van der Waals surface area contributed by atoms with Crippen LogP contribution in [0.25, 0.3) is 5.69 Å². The standard InChI is InChI=1S/C16H17N3O3/c1-2-12(17-10-8-9-10)13-14(20)18-16(22)19(15(13)21)11-6-4-3-5-7-11/h3-7,10,21H,2,8-9H2,1H3,(H,18,20,22). The summed E-state index contributed by atoms with van der Waals surface area (Å²) in [4.78, 5) is 31.0. The van der Waals surface area contributed by atoms with Crippen LogP contribution in [0.4, 0.5) is 0 Å². The molecule has 2 aromatic rings. The van der Waals surface area contributed by atoms with Gasteiger partial charge in [-0.3, -0.25) is 14.8 Å². The molecule has 1 aliphatic carbocycles. The molecule has 1 aromatic heterocycles. The predicted molar refractivity (Wildman–Crippen MR) is 84.2 cm³/mol. The maximum Gasteiger partial charge on any atom is 0.335 e. The molecule has 6 heteroatoms. The van der Waals surface area contributed by atoms with Gasteiger partial charge in [-0.05, 0) is 31.4 Å². The second-order valence-corrected chi connectivity index (χ2v) is 5.29. The molecule has 0 atom stereocenters. The molecular weight excluding hydrogens is 282 g/mol. The Morgan fingerprint density at radius 2 is 2.00 bits per heavy atom. The maximum absolute atomic E-state index is 12.1. The van der Waals surface area contributed by atoms with Gasteiger partial charge in [0.1, 0.15) is 5.56 Å². The van der Waals surface area contributed by atoms with Crippen LogP contribution >= 0.6 is 0 Å². The summed E-state index contributed by atoms with van der Waals surface area (Å²) in [5.74, 6) is -0.360. The van der Waals surface area contributed by atoms with E-state index < -0.39 is 11.2 Å². The highest BCUT2D eigenvalue weighted by atomic mass is 16.3. The third-order valence-electron chi connectivity index (χ3n) is 3.61. The van der Waals surface area contributed by atoms with Crippen LogP contribution in [0.3, 0.4) is 0 Å². The lowest BCUT2D eigenvalue weighted by Gasteiger charge is -2.12. The van der Waals surface area contributed by atoms with E-state index in [2.05, 4.69) is 9.98 Å². The second kappa shape index (κ2) is 5.63. The first-order valence-electron chi connectivity index (χ1n) is 7.32. The van der Waals surface area contributed by atoms with Crippen LogP contribution in [0.5, 0.6) is 5.88 Å². The first-order valence-corrected chi connectivity index (χ1v) is 7.32. The Balaban J connectivity index is 2.24. The molecular formula is C16H17N3O3. The fraction of sp³-hybridized carbons (Fsp3) is 0.312. The second-order valence-electron chi connectivity index (χ2n) is 5.29. The molecule has 0 bridgehead atoms. The van der Waals surface area contributed by atoms with Crippen molar-refractivity contribution in [2.75, 3.05) is 0 Å². The maximum atomic E-state index is 12.1. The van der Waals surface area contributed by atoms with Crippen molar-refractivity contribution in [3.05, 3.63) is 56.7 Å². The number of rotatable bonds is 4. The zero-order chi connectivity index (χ0) is 15.7. The van der Waals surface area contributed by atoms with Crippen molar-refractivity contribution in [1.82, 2.24) is 9.55 Å². The highest BCUT2D eigenvalue weighted by Gasteiger charge is 2.24. The average Bonchev–Trinajstić information content (AvgIpc) is 3.31.